The average molecular weight is 804 g/mol. The molecule has 4 aromatic carbocycles. The average Bonchev–Trinajstić information content (AvgIpc) is 3.87. The summed E-state index contributed by atoms with van der Waals surface area (Å²) in [5.41, 5.74) is -0.0968. The molecule has 3 fully saturated rings. The molecule has 1 N–H and O–H groups in total. The number of alkyl halides is 6. The van der Waals surface area contributed by atoms with Crippen molar-refractivity contribution in [3.05, 3.63) is 102 Å². The fourth-order valence-electron chi connectivity index (χ4n) is 7.01. The number of hydrogen-bond donors (Lipinski definition) is 1. The van der Waals surface area contributed by atoms with Crippen molar-refractivity contribution in [2.45, 2.75) is 76.9 Å². The molecule has 0 radical (unpaired) electrons. The first-order chi connectivity index (χ1) is 27.3. The largest absolute Gasteiger partial charge is 0.494 e. The fraction of sp³-hybridized carbons (Fsp3) is 0.333. The lowest BCUT2D eigenvalue weighted by atomic mass is 9.79. The van der Waals surface area contributed by atoms with Gasteiger partial charge in [-0.15, -0.1) is 10.2 Å². The first-order valence-corrected chi connectivity index (χ1v) is 18.8. The molecule has 8 rings (SSSR count). The number of carbonyl (C=O) groups is 2. The van der Waals surface area contributed by atoms with Gasteiger partial charge in [-0.1, -0.05) is 48.5 Å². The molecule has 5 aromatic rings. The van der Waals surface area contributed by atoms with Crippen molar-refractivity contribution in [2.24, 2.45) is 0 Å². The third kappa shape index (κ3) is 8.39. The van der Waals surface area contributed by atoms with Crippen LogP contribution in [0.3, 0.4) is 0 Å². The lowest BCUT2D eigenvalue weighted by Crippen LogP contribution is -2.41. The normalized spacial score (nSPS) is 17.9. The van der Waals surface area contributed by atoms with Gasteiger partial charge >= 0.3 is 19.5 Å². The van der Waals surface area contributed by atoms with Crippen molar-refractivity contribution < 1.29 is 45.2 Å². The molecule has 3 aliphatic heterocycles. The van der Waals surface area contributed by atoms with E-state index in [1.54, 1.807) is 53.4 Å². The van der Waals surface area contributed by atoms with Crippen LogP contribution in [0.5, 0.6) is 0 Å². The maximum atomic E-state index is 13.3. The van der Waals surface area contributed by atoms with Gasteiger partial charge in [0.05, 0.1) is 22.3 Å². The highest BCUT2D eigenvalue weighted by Crippen LogP contribution is 2.40. The summed E-state index contributed by atoms with van der Waals surface area (Å²) < 4.78 is 91.7. The Morgan fingerprint density at radius 2 is 1.14 bits per heavy atom. The van der Waals surface area contributed by atoms with Crippen molar-refractivity contribution in [3.63, 3.8) is 0 Å². The maximum Gasteiger partial charge on any atom is 0.494 e. The lowest BCUT2D eigenvalue weighted by molar-refractivity contribution is -0.143. The predicted molar refractivity (Wildman–Crippen MR) is 210 cm³/mol. The minimum absolute atomic E-state index is 0.00563. The number of fused-ring (bicyclic) bond motifs is 1. The van der Waals surface area contributed by atoms with Crippen LogP contribution in [0.25, 0.3) is 22.0 Å². The summed E-state index contributed by atoms with van der Waals surface area (Å²) in [6, 6.07) is 23.1. The van der Waals surface area contributed by atoms with Gasteiger partial charge in [0.25, 0.3) is 0 Å². The van der Waals surface area contributed by atoms with Crippen LogP contribution < -0.4 is 20.6 Å². The van der Waals surface area contributed by atoms with Crippen LogP contribution in [-0.4, -0.2) is 53.4 Å². The van der Waals surface area contributed by atoms with Gasteiger partial charge in [-0.05, 0) is 88.5 Å². The predicted octanol–water partition coefficient (Wildman–Crippen LogP) is 9.32. The SMILES string of the molecule is CC1(C)OB(c2ccc(N3CCCC3=O)cc2)OC1(C)C.O=C1CCCN1c1ccc(-c2nnc(Nc3cc(C(F)(F)F)cc(C(F)(F)F)c3)c3ccccc23)cc1. The summed E-state index contributed by atoms with van der Waals surface area (Å²) in [6.07, 6.45) is -7.05. The number of amides is 2. The molecule has 1 aromatic heterocycles. The Kier molecular flexibility index (Phi) is 10.8. The molecule has 9 nitrogen and oxygen atoms in total. The maximum absolute atomic E-state index is 13.3. The summed E-state index contributed by atoms with van der Waals surface area (Å²) in [4.78, 5) is 27.3. The third-order valence-corrected chi connectivity index (χ3v) is 10.9. The van der Waals surface area contributed by atoms with Crippen LogP contribution in [0.2, 0.25) is 0 Å². The molecule has 4 heterocycles. The van der Waals surface area contributed by atoms with E-state index in [4.69, 9.17) is 9.31 Å². The molecule has 3 saturated heterocycles. The quantitative estimate of drug-likeness (QED) is 0.135. The smallest absolute Gasteiger partial charge is 0.399 e. The molecule has 0 unspecified atom stereocenters. The second kappa shape index (κ2) is 15.4. The van der Waals surface area contributed by atoms with Crippen LogP contribution >= 0.6 is 0 Å². The number of benzene rings is 4. The van der Waals surface area contributed by atoms with Gasteiger partial charge in [-0.2, -0.15) is 26.3 Å². The molecule has 58 heavy (non-hydrogen) atoms. The topological polar surface area (TPSA) is 96.9 Å². The van der Waals surface area contributed by atoms with E-state index in [1.165, 1.54) is 0 Å². The first kappa shape index (κ1) is 40.7. The summed E-state index contributed by atoms with van der Waals surface area (Å²) in [5.74, 6) is 0.265. The van der Waals surface area contributed by atoms with Crippen LogP contribution in [0.4, 0.5) is 49.2 Å². The molecule has 2 amide bonds. The van der Waals surface area contributed by atoms with Gasteiger partial charge in [0.15, 0.2) is 5.82 Å². The molecular formula is C42H40BF6N5O4. The Hall–Kier alpha value is -5.48. The van der Waals surface area contributed by atoms with E-state index >= 15 is 0 Å². The van der Waals surface area contributed by atoms with E-state index in [1.807, 2.05) is 56.9 Å². The summed E-state index contributed by atoms with van der Waals surface area (Å²) in [5, 5.41) is 11.9. The van der Waals surface area contributed by atoms with Gasteiger partial charge in [-0.25, -0.2) is 0 Å². The second-order valence-electron chi connectivity index (χ2n) is 15.4. The molecule has 0 aliphatic carbocycles. The van der Waals surface area contributed by atoms with E-state index in [0.29, 0.717) is 53.5 Å². The Morgan fingerprint density at radius 3 is 1.60 bits per heavy atom. The summed E-state index contributed by atoms with van der Waals surface area (Å²) in [7, 11) is -0.349. The van der Waals surface area contributed by atoms with Crippen molar-refractivity contribution in [2.75, 3.05) is 28.2 Å². The van der Waals surface area contributed by atoms with Gasteiger partial charge in [0, 0.05) is 59.3 Å². The van der Waals surface area contributed by atoms with Crippen molar-refractivity contribution >= 4 is 58.0 Å². The minimum atomic E-state index is -4.97. The molecule has 0 saturated carbocycles. The van der Waals surface area contributed by atoms with Crippen LogP contribution in [0.1, 0.15) is 64.5 Å². The molecule has 0 atom stereocenters. The molecular weight excluding hydrogens is 763 g/mol. The van der Waals surface area contributed by atoms with E-state index < -0.39 is 29.2 Å². The number of nitrogens with zero attached hydrogens (tertiary/aromatic N) is 4. The number of nitrogens with one attached hydrogen (secondary N) is 1. The Morgan fingerprint density at radius 1 is 0.655 bits per heavy atom. The molecule has 302 valence electrons. The molecule has 0 bridgehead atoms. The number of halogens is 6. The number of anilines is 4. The van der Waals surface area contributed by atoms with Crippen molar-refractivity contribution in [1.82, 2.24) is 10.2 Å². The highest BCUT2D eigenvalue weighted by atomic mass is 19.4. The zero-order valence-corrected chi connectivity index (χ0v) is 32.2. The van der Waals surface area contributed by atoms with E-state index in [2.05, 4.69) is 15.5 Å². The number of aromatic nitrogens is 2. The van der Waals surface area contributed by atoms with Gasteiger partial charge in [0.2, 0.25) is 11.8 Å². The van der Waals surface area contributed by atoms with Crippen molar-refractivity contribution in [3.8, 4) is 11.3 Å². The van der Waals surface area contributed by atoms with E-state index in [-0.39, 0.29) is 42.0 Å². The van der Waals surface area contributed by atoms with Crippen LogP contribution in [0.15, 0.2) is 91.0 Å². The molecule has 16 heteroatoms. The zero-order valence-electron chi connectivity index (χ0n) is 32.2. The summed E-state index contributed by atoms with van der Waals surface area (Å²) >= 11 is 0. The van der Waals surface area contributed by atoms with Gasteiger partial charge < -0.3 is 24.4 Å². The van der Waals surface area contributed by atoms with E-state index in [9.17, 15) is 35.9 Å². The Labute approximate surface area is 331 Å². The first-order valence-electron chi connectivity index (χ1n) is 18.8. The zero-order chi connectivity index (χ0) is 41.6. The Bertz CT molecular complexity index is 2290. The monoisotopic (exact) mass is 803 g/mol. The van der Waals surface area contributed by atoms with Gasteiger partial charge in [-0.3, -0.25) is 9.59 Å². The standard InChI is InChI=1S/C26H18F6N4O.C16H22BNO3/c27-25(28,29)16-12-17(26(30,31)32)14-18(13-16)33-24-21-5-2-1-4-20(21)23(34-35-24)15-7-9-19(10-8-15)36-11-3-6-22(36)37;1-15(2)16(3,4)21-17(20-15)12-7-9-13(10-8-12)18-11-5-6-14(18)19/h1-2,4-5,7-10,12-14H,3,6,11H2,(H,33,35);7-10H,5-6,11H2,1-4H3. The highest BCUT2D eigenvalue weighted by Gasteiger charge is 2.51. The highest BCUT2D eigenvalue weighted by molar-refractivity contribution is 6.62. The summed E-state index contributed by atoms with van der Waals surface area (Å²) in [6.45, 7) is 9.64. The van der Waals surface area contributed by atoms with Crippen LogP contribution in [-0.2, 0) is 31.3 Å². The van der Waals surface area contributed by atoms with E-state index in [0.717, 1.165) is 36.2 Å². The Balaban J connectivity index is 0.000000206. The van der Waals surface area contributed by atoms with Crippen molar-refractivity contribution in [1.29, 1.82) is 0 Å². The lowest BCUT2D eigenvalue weighted by Gasteiger charge is -2.32. The minimum Gasteiger partial charge on any atom is -0.399 e. The number of hydrogen-bond acceptors (Lipinski definition) is 7. The number of carbonyl (C=O) groups excluding carboxylic acids is 2. The van der Waals surface area contributed by atoms with Gasteiger partial charge in [0.1, 0.15) is 5.69 Å². The van der Waals surface area contributed by atoms with Crippen LogP contribution in [0, 0.1) is 0 Å². The second-order valence-corrected chi connectivity index (χ2v) is 15.4. The number of rotatable bonds is 6. The third-order valence-electron chi connectivity index (χ3n) is 10.9. The fourth-order valence-corrected chi connectivity index (χ4v) is 7.01. The molecule has 3 aliphatic rings. The molecule has 0 spiro atoms.